The average Bonchev–Trinajstić information content (AvgIpc) is 3.54. The van der Waals surface area contributed by atoms with E-state index < -0.39 is 0 Å². The van der Waals surface area contributed by atoms with Crippen LogP contribution in [0.5, 0.6) is 5.75 Å². The molecular formula is C22H37FIN5O. The topological polar surface area (TPSA) is 52.1 Å². The van der Waals surface area contributed by atoms with Gasteiger partial charge in [0.1, 0.15) is 0 Å². The molecule has 1 saturated heterocycles. The summed E-state index contributed by atoms with van der Waals surface area (Å²) >= 11 is 0. The number of nitrogens with one attached hydrogen (secondary N) is 2. The molecule has 30 heavy (non-hydrogen) atoms. The number of ether oxygens (including phenoxy) is 1. The fraction of sp³-hybridized carbons (Fsp3) is 0.682. The van der Waals surface area contributed by atoms with Crippen LogP contribution in [0.3, 0.4) is 0 Å². The molecule has 0 bridgehead atoms. The number of benzene rings is 1. The highest BCUT2D eigenvalue weighted by atomic mass is 127. The van der Waals surface area contributed by atoms with Crippen molar-refractivity contribution in [3.63, 3.8) is 0 Å². The van der Waals surface area contributed by atoms with Crippen LogP contribution in [0.15, 0.2) is 23.2 Å². The number of rotatable bonds is 8. The van der Waals surface area contributed by atoms with Crippen molar-refractivity contribution in [3.05, 3.63) is 29.6 Å². The summed E-state index contributed by atoms with van der Waals surface area (Å²) in [4.78, 5) is 9.19. The van der Waals surface area contributed by atoms with Crippen molar-refractivity contribution in [1.82, 2.24) is 20.4 Å². The number of halogens is 2. The molecule has 0 amide bonds. The zero-order chi connectivity index (χ0) is 20.8. The Kier molecular flexibility index (Phi) is 10.1. The van der Waals surface area contributed by atoms with Crippen molar-refractivity contribution in [2.24, 2.45) is 10.9 Å². The lowest BCUT2D eigenvalue weighted by Gasteiger charge is -2.36. The van der Waals surface area contributed by atoms with Crippen molar-refractivity contribution in [3.8, 4) is 5.75 Å². The number of likely N-dealkylation sites (N-methyl/N-ethyl adjacent to an activating group) is 1. The Labute approximate surface area is 197 Å². The summed E-state index contributed by atoms with van der Waals surface area (Å²) in [6, 6.07) is 5.57. The van der Waals surface area contributed by atoms with E-state index in [2.05, 4.69) is 39.4 Å². The maximum atomic E-state index is 14.4. The standard InChI is InChI=1S/C22H36FN5O.HI/c1-16(28-11-9-27(4)10-12-28)14-25-22(24-3)26-17(2)19-7-8-21(20(23)13-19)29-15-18-5-6-18;/h7-8,13,16-18H,5-6,9-12,14-15H2,1-4H3,(H2,24,25,26);1H. The summed E-state index contributed by atoms with van der Waals surface area (Å²) < 4.78 is 20.0. The summed E-state index contributed by atoms with van der Waals surface area (Å²) in [5.41, 5.74) is 0.872. The van der Waals surface area contributed by atoms with Gasteiger partial charge in [-0.2, -0.15) is 0 Å². The van der Waals surface area contributed by atoms with Gasteiger partial charge in [-0.3, -0.25) is 9.89 Å². The third kappa shape index (κ3) is 7.53. The molecule has 8 heteroatoms. The fourth-order valence-electron chi connectivity index (χ4n) is 3.51. The molecule has 170 valence electrons. The molecule has 2 fully saturated rings. The zero-order valence-corrected chi connectivity index (χ0v) is 21.0. The molecule has 1 aliphatic heterocycles. The summed E-state index contributed by atoms with van der Waals surface area (Å²) in [6.07, 6.45) is 2.39. The van der Waals surface area contributed by atoms with Gasteiger partial charge in [0.25, 0.3) is 0 Å². The van der Waals surface area contributed by atoms with E-state index >= 15 is 0 Å². The number of piperazine rings is 1. The van der Waals surface area contributed by atoms with Crippen LogP contribution in [0.4, 0.5) is 4.39 Å². The van der Waals surface area contributed by atoms with Crippen LogP contribution < -0.4 is 15.4 Å². The number of guanidine groups is 1. The van der Waals surface area contributed by atoms with Gasteiger partial charge >= 0.3 is 0 Å². The van der Waals surface area contributed by atoms with E-state index in [0.29, 0.717) is 24.3 Å². The van der Waals surface area contributed by atoms with Crippen LogP contribution in [-0.2, 0) is 0 Å². The van der Waals surface area contributed by atoms with Crippen LogP contribution in [0.25, 0.3) is 0 Å². The molecule has 0 radical (unpaired) electrons. The molecule has 1 saturated carbocycles. The molecule has 2 aliphatic rings. The highest BCUT2D eigenvalue weighted by Crippen LogP contribution is 2.30. The maximum Gasteiger partial charge on any atom is 0.191 e. The second-order valence-electron chi connectivity index (χ2n) is 8.45. The van der Waals surface area contributed by atoms with Gasteiger partial charge in [-0.15, -0.1) is 24.0 Å². The van der Waals surface area contributed by atoms with Crippen LogP contribution in [0.2, 0.25) is 0 Å². The molecule has 3 rings (SSSR count). The summed E-state index contributed by atoms with van der Waals surface area (Å²) in [6.45, 7) is 10.1. The molecule has 2 N–H and O–H groups in total. The first-order valence-electron chi connectivity index (χ1n) is 10.8. The highest BCUT2D eigenvalue weighted by molar-refractivity contribution is 14.0. The van der Waals surface area contributed by atoms with E-state index in [9.17, 15) is 4.39 Å². The third-order valence-corrected chi connectivity index (χ3v) is 5.93. The number of aliphatic imine (C=N–C) groups is 1. The summed E-state index contributed by atoms with van der Waals surface area (Å²) in [7, 11) is 3.93. The van der Waals surface area contributed by atoms with Gasteiger partial charge in [0, 0.05) is 45.8 Å². The molecule has 2 atom stereocenters. The van der Waals surface area contributed by atoms with Crippen molar-refractivity contribution >= 4 is 29.9 Å². The highest BCUT2D eigenvalue weighted by Gasteiger charge is 2.23. The van der Waals surface area contributed by atoms with Crippen molar-refractivity contribution in [2.75, 3.05) is 53.4 Å². The second-order valence-corrected chi connectivity index (χ2v) is 8.45. The van der Waals surface area contributed by atoms with Crippen LogP contribution in [0.1, 0.15) is 38.3 Å². The first-order valence-corrected chi connectivity index (χ1v) is 10.8. The van der Waals surface area contributed by atoms with E-state index in [-0.39, 0.29) is 35.8 Å². The maximum absolute atomic E-state index is 14.4. The SMILES string of the molecule is CN=C(NCC(C)N1CCN(C)CC1)NC(C)c1ccc(OCC2CC2)c(F)c1.I. The third-order valence-electron chi connectivity index (χ3n) is 5.93. The minimum absolute atomic E-state index is 0. The van der Waals surface area contributed by atoms with Crippen molar-refractivity contribution in [1.29, 1.82) is 0 Å². The van der Waals surface area contributed by atoms with Gasteiger partial charge in [0.05, 0.1) is 12.6 Å². The van der Waals surface area contributed by atoms with Gasteiger partial charge in [0.15, 0.2) is 17.5 Å². The smallest absolute Gasteiger partial charge is 0.191 e. The average molecular weight is 533 g/mol. The van der Waals surface area contributed by atoms with Crippen LogP contribution >= 0.6 is 24.0 Å². The lowest BCUT2D eigenvalue weighted by Crippen LogP contribution is -2.52. The predicted octanol–water partition coefficient (Wildman–Crippen LogP) is 3.09. The number of hydrogen-bond donors (Lipinski definition) is 2. The quantitative estimate of drug-likeness (QED) is 0.306. The van der Waals surface area contributed by atoms with Gasteiger partial charge in [-0.05, 0) is 57.4 Å². The van der Waals surface area contributed by atoms with Crippen LogP contribution in [0, 0.1) is 11.7 Å². The Morgan fingerprint density at radius 2 is 1.93 bits per heavy atom. The first-order chi connectivity index (χ1) is 14.0. The molecule has 0 spiro atoms. The summed E-state index contributed by atoms with van der Waals surface area (Å²) in [5, 5.41) is 6.77. The molecule has 2 unspecified atom stereocenters. The Hall–Kier alpha value is -1.13. The Balaban J connectivity index is 0.00000320. The number of nitrogens with zero attached hydrogens (tertiary/aromatic N) is 3. The Morgan fingerprint density at radius 3 is 2.53 bits per heavy atom. The van der Waals surface area contributed by atoms with E-state index in [0.717, 1.165) is 44.2 Å². The Bertz CT molecular complexity index is 692. The monoisotopic (exact) mass is 533 g/mol. The largest absolute Gasteiger partial charge is 0.490 e. The van der Waals surface area contributed by atoms with Gasteiger partial charge in [0.2, 0.25) is 0 Å². The lowest BCUT2D eigenvalue weighted by molar-refractivity contribution is 0.120. The number of hydrogen-bond acceptors (Lipinski definition) is 4. The van der Waals surface area contributed by atoms with Crippen molar-refractivity contribution < 1.29 is 9.13 Å². The van der Waals surface area contributed by atoms with Crippen molar-refractivity contribution in [2.45, 2.75) is 38.8 Å². The molecule has 1 aliphatic carbocycles. The van der Waals surface area contributed by atoms with Gasteiger partial charge in [-0.1, -0.05) is 6.07 Å². The molecule has 6 nitrogen and oxygen atoms in total. The van der Waals surface area contributed by atoms with Gasteiger partial charge < -0.3 is 20.3 Å². The molecule has 1 aromatic rings. The lowest BCUT2D eigenvalue weighted by atomic mass is 10.1. The minimum Gasteiger partial charge on any atom is -0.490 e. The molecule has 1 heterocycles. The predicted molar refractivity (Wildman–Crippen MR) is 131 cm³/mol. The van der Waals surface area contributed by atoms with E-state index in [4.69, 9.17) is 4.74 Å². The fourth-order valence-corrected chi connectivity index (χ4v) is 3.51. The van der Waals surface area contributed by atoms with E-state index in [1.807, 2.05) is 13.0 Å². The van der Waals surface area contributed by atoms with Crippen LogP contribution in [-0.4, -0.2) is 75.2 Å². The molecule has 0 aromatic heterocycles. The minimum atomic E-state index is -0.302. The van der Waals surface area contributed by atoms with E-state index in [1.54, 1.807) is 19.2 Å². The normalized spacial score (nSPS) is 20.2. The molecular weight excluding hydrogens is 496 g/mol. The van der Waals surface area contributed by atoms with Gasteiger partial charge in [-0.25, -0.2) is 4.39 Å². The first kappa shape index (κ1) is 25.1. The van der Waals surface area contributed by atoms with E-state index in [1.165, 1.54) is 12.8 Å². The zero-order valence-electron chi connectivity index (χ0n) is 18.7. The molecule has 1 aromatic carbocycles. The second kappa shape index (κ2) is 12.0. The summed E-state index contributed by atoms with van der Waals surface area (Å²) in [5.74, 6) is 1.38. The Morgan fingerprint density at radius 1 is 1.23 bits per heavy atom.